The smallest absolute Gasteiger partial charge is 0.221 e. The van der Waals surface area contributed by atoms with Gasteiger partial charge in [-0.2, -0.15) is 0 Å². The van der Waals surface area contributed by atoms with Gasteiger partial charge in [0.1, 0.15) is 0 Å². The van der Waals surface area contributed by atoms with Crippen molar-refractivity contribution in [3.8, 4) is 0 Å². The van der Waals surface area contributed by atoms with Crippen molar-refractivity contribution in [2.45, 2.75) is 11.8 Å². The first-order valence-corrected chi connectivity index (χ1v) is 5.03. The molecule has 1 rings (SSSR count). The molecule has 3 nitrogen and oxygen atoms in total. The van der Waals surface area contributed by atoms with Gasteiger partial charge >= 0.3 is 0 Å². The van der Waals surface area contributed by atoms with Crippen LogP contribution >= 0.6 is 23.6 Å². The third kappa shape index (κ3) is 3.21. The van der Waals surface area contributed by atoms with Crippen LogP contribution < -0.4 is 5.32 Å². The maximum absolute atomic E-state index is 10.8. The summed E-state index contributed by atoms with van der Waals surface area (Å²) in [5, 5.41) is 3.20. The molecule has 0 bridgehead atoms. The summed E-state index contributed by atoms with van der Waals surface area (Å²) in [5.74, 6) is -0.117. The summed E-state index contributed by atoms with van der Waals surface area (Å²) in [6.45, 7) is 1.45. The normalized spacial score (nSPS) is 9.93. The van der Waals surface area contributed by atoms with Gasteiger partial charge in [0.25, 0.3) is 0 Å². The molecule has 0 spiro atoms. The van der Waals surface area contributed by atoms with Gasteiger partial charge in [-0.15, -0.1) is 0 Å². The van der Waals surface area contributed by atoms with Crippen LogP contribution in [-0.4, -0.2) is 13.0 Å². The minimum absolute atomic E-state index is 0.117. The number of anilines is 1. The van der Waals surface area contributed by atoms with Gasteiger partial charge in [0.2, 0.25) is 5.91 Å². The zero-order valence-corrected chi connectivity index (χ0v) is 9.41. The first-order valence-electron chi connectivity index (χ1n) is 3.91. The lowest BCUT2D eigenvalue weighted by Crippen LogP contribution is -2.05. The summed E-state index contributed by atoms with van der Waals surface area (Å²) < 4.78 is 4.87. The monoisotopic (exact) mass is 231 g/mol. The third-order valence-corrected chi connectivity index (χ3v) is 2.55. The van der Waals surface area contributed by atoms with E-state index in [-0.39, 0.29) is 5.91 Å². The van der Waals surface area contributed by atoms with Gasteiger partial charge in [0.05, 0.1) is 17.0 Å². The maximum Gasteiger partial charge on any atom is 0.221 e. The van der Waals surface area contributed by atoms with Gasteiger partial charge in [-0.3, -0.25) is 4.79 Å². The van der Waals surface area contributed by atoms with E-state index in [0.29, 0.717) is 10.7 Å². The van der Waals surface area contributed by atoms with Crippen LogP contribution in [-0.2, 0) is 8.98 Å². The van der Waals surface area contributed by atoms with Crippen molar-refractivity contribution in [1.29, 1.82) is 0 Å². The van der Waals surface area contributed by atoms with E-state index < -0.39 is 0 Å². The van der Waals surface area contributed by atoms with Crippen molar-refractivity contribution < 1.29 is 8.98 Å². The lowest BCUT2D eigenvalue weighted by molar-refractivity contribution is -0.114. The van der Waals surface area contributed by atoms with Crippen LogP contribution in [0.5, 0.6) is 0 Å². The molecule has 1 aromatic carbocycles. The fourth-order valence-corrected chi connectivity index (χ4v) is 1.66. The maximum atomic E-state index is 10.8. The zero-order valence-electron chi connectivity index (χ0n) is 7.83. The predicted octanol–water partition coefficient (Wildman–Crippen LogP) is 2.95. The summed E-state index contributed by atoms with van der Waals surface area (Å²) in [6.07, 6.45) is 0. The van der Waals surface area contributed by atoms with Crippen LogP contribution in [0.25, 0.3) is 0 Å². The second kappa shape index (κ2) is 5.24. The molecule has 0 heterocycles. The molecular weight excluding hydrogens is 222 g/mol. The third-order valence-electron chi connectivity index (χ3n) is 1.43. The molecule has 0 atom stereocenters. The van der Waals surface area contributed by atoms with Gasteiger partial charge in [-0.05, 0) is 18.2 Å². The van der Waals surface area contributed by atoms with Crippen molar-refractivity contribution in [3.63, 3.8) is 0 Å². The Morgan fingerprint density at radius 1 is 1.57 bits per heavy atom. The predicted molar refractivity (Wildman–Crippen MR) is 58.6 cm³/mol. The van der Waals surface area contributed by atoms with Crippen LogP contribution in [0.3, 0.4) is 0 Å². The Morgan fingerprint density at radius 3 is 2.79 bits per heavy atom. The molecule has 5 heteroatoms. The molecule has 1 aromatic rings. The molecule has 0 saturated heterocycles. The molecule has 0 aromatic heterocycles. The first-order chi connectivity index (χ1) is 6.63. The zero-order chi connectivity index (χ0) is 10.6. The summed E-state index contributed by atoms with van der Waals surface area (Å²) in [4.78, 5) is 11.6. The van der Waals surface area contributed by atoms with Gasteiger partial charge in [-0.1, -0.05) is 11.6 Å². The van der Waals surface area contributed by atoms with E-state index in [9.17, 15) is 4.79 Å². The largest absolute Gasteiger partial charge is 0.326 e. The lowest BCUT2D eigenvalue weighted by Gasteiger charge is -2.05. The number of nitrogens with one attached hydrogen (secondary N) is 1. The van der Waals surface area contributed by atoms with Crippen molar-refractivity contribution >= 4 is 35.2 Å². The van der Waals surface area contributed by atoms with Crippen LogP contribution in [0, 0.1) is 0 Å². The Bertz CT molecular complexity index is 344. The van der Waals surface area contributed by atoms with Crippen LogP contribution in [0.2, 0.25) is 5.02 Å². The molecule has 0 radical (unpaired) electrons. The number of rotatable bonds is 3. The van der Waals surface area contributed by atoms with Crippen LogP contribution in [0.15, 0.2) is 23.1 Å². The highest BCUT2D eigenvalue weighted by atomic mass is 35.5. The van der Waals surface area contributed by atoms with E-state index in [0.717, 1.165) is 4.90 Å². The summed E-state index contributed by atoms with van der Waals surface area (Å²) in [7, 11) is 1.57. The molecule has 0 aliphatic rings. The molecule has 0 aliphatic heterocycles. The Kier molecular flexibility index (Phi) is 4.25. The molecule has 0 unspecified atom stereocenters. The van der Waals surface area contributed by atoms with E-state index in [1.54, 1.807) is 25.3 Å². The summed E-state index contributed by atoms with van der Waals surface area (Å²) >= 11 is 7.12. The number of carbonyl (C=O) groups is 1. The molecule has 0 aliphatic carbocycles. The van der Waals surface area contributed by atoms with Gasteiger partial charge < -0.3 is 9.50 Å². The molecule has 1 N–H and O–H groups in total. The number of hydrogen-bond donors (Lipinski definition) is 1. The van der Waals surface area contributed by atoms with Crippen molar-refractivity contribution in [2.75, 3.05) is 12.4 Å². The Morgan fingerprint density at radius 2 is 2.29 bits per heavy atom. The quantitative estimate of drug-likeness (QED) is 0.813. The lowest BCUT2D eigenvalue weighted by atomic mass is 10.3. The highest BCUT2D eigenvalue weighted by molar-refractivity contribution is 7.94. The topological polar surface area (TPSA) is 38.3 Å². The second-order valence-corrected chi connectivity index (χ2v) is 3.92. The molecule has 76 valence electrons. The highest BCUT2D eigenvalue weighted by Gasteiger charge is 2.03. The van der Waals surface area contributed by atoms with Gasteiger partial charge in [0, 0.05) is 24.7 Å². The van der Waals surface area contributed by atoms with E-state index in [4.69, 9.17) is 15.8 Å². The minimum atomic E-state index is -0.117. The minimum Gasteiger partial charge on any atom is -0.326 e. The van der Waals surface area contributed by atoms with Gasteiger partial charge in [-0.25, -0.2) is 0 Å². The number of carbonyl (C=O) groups excluding carboxylic acids is 1. The molecule has 14 heavy (non-hydrogen) atoms. The van der Waals surface area contributed by atoms with Crippen LogP contribution in [0.4, 0.5) is 5.69 Å². The number of hydrogen-bond acceptors (Lipinski definition) is 3. The number of benzene rings is 1. The average Bonchev–Trinajstić information content (AvgIpc) is 2.09. The Balaban J connectivity index is 2.83. The SMILES string of the molecule is COSc1ccc(NC(C)=O)cc1Cl. The van der Waals surface area contributed by atoms with E-state index in [2.05, 4.69) is 5.32 Å². The van der Waals surface area contributed by atoms with Gasteiger partial charge in [0.15, 0.2) is 0 Å². The number of amides is 1. The number of halogens is 1. The Labute approximate surface area is 92.0 Å². The van der Waals surface area contributed by atoms with E-state index in [1.165, 1.54) is 19.0 Å². The molecular formula is C9H10ClNO2S. The average molecular weight is 232 g/mol. The Hall–Kier alpha value is -0.710. The fraction of sp³-hybridized carbons (Fsp3) is 0.222. The van der Waals surface area contributed by atoms with Crippen molar-refractivity contribution in [2.24, 2.45) is 0 Å². The summed E-state index contributed by atoms with van der Waals surface area (Å²) in [6, 6.07) is 5.25. The highest BCUT2D eigenvalue weighted by Crippen LogP contribution is 2.29. The second-order valence-electron chi connectivity index (χ2n) is 2.58. The molecule has 0 fully saturated rings. The van der Waals surface area contributed by atoms with Crippen molar-refractivity contribution in [3.05, 3.63) is 23.2 Å². The molecule has 0 saturated carbocycles. The van der Waals surface area contributed by atoms with E-state index in [1.807, 2.05) is 0 Å². The van der Waals surface area contributed by atoms with E-state index >= 15 is 0 Å². The first kappa shape index (κ1) is 11.4. The summed E-state index contributed by atoms with van der Waals surface area (Å²) in [5.41, 5.74) is 0.683. The van der Waals surface area contributed by atoms with Crippen molar-refractivity contribution in [1.82, 2.24) is 0 Å². The van der Waals surface area contributed by atoms with Crippen LogP contribution in [0.1, 0.15) is 6.92 Å². The molecule has 1 amide bonds. The fourth-order valence-electron chi connectivity index (χ4n) is 0.939. The standard InChI is InChI=1S/C9H10ClNO2S/c1-6(12)11-7-3-4-9(14-13-2)8(10)5-7/h3-5H,1-2H3,(H,11,12).